The number of H-pyrrole nitrogens is 1. The predicted octanol–water partition coefficient (Wildman–Crippen LogP) is 3.75. The van der Waals surface area contributed by atoms with E-state index < -0.39 is 10.4 Å². The number of azo groups is 1. The van der Waals surface area contributed by atoms with Gasteiger partial charge in [-0.2, -0.15) is 0 Å². The fourth-order valence-corrected chi connectivity index (χ4v) is 3.23. The van der Waals surface area contributed by atoms with Crippen molar-refractivity contribution in [1.82, 2.24) is 4.98 Å². The molecule has 156 valence electrons. The van der Waals surface area contributed by atoms with Crippen LogP contribution in [0.3, 0.4) is 0 Å². The summed E-state index contributed by atoms with van der Waals surface area (Å²) in [7, 11) is -2.00. The van der Waals surface area contributed by atoms with Crippen LogP contribution in [0.25, 0.3) is 22.2 Å². The Morgan fingerprint density at radius 3 is 2.37 bits per heavy atom. The van der Waals surface area contributed by atoms with E-state index >= 15 is 0 Å². The number of nitrogens with zero attached hydrogens (tertiary/aromatic N) is 3. The molecule has 9 nitrogen and oxygen atoms in total. The van der Waals surface area contributed by atoms with Gasteiger partial charge in [-0.3, -0.25) is 4.18 Å². The summed E-state index contributed by atoms with van der Waals surface area (Å²) >= 11 is 1.47. The minimum Gasteiger partial charge on any atom is -0.726 e. The molecular formula is C19H18N4O5S2. The molecule has 0 spiro atoms. The van der Waals surface area contributed by atoms with Gasteiger partial charge in [0.15, 0.2) is 0 Å². The van der Waals surface area contributed by atoms with Crippen LogP contribution in [-0.4, -0.2) is 32.2 Å². The number of aromatic amines is 1. The van der Waals surface area contributed by atoms with E-state index in [-0.39, 0.29) is 0 Å². The fourth-order valence-electron chi connectivity index (χ4n) is 2.61. The Bertz CT molecular complexity index is 1250. The van der Waals surface area contributed by atoms with Gasteiger partial charge < -0.3 is 14.4 Å². The summed E-state index contributed by atoms with van der Waals surface area (Å²) in [5.74, 6) is 0. The van der Waals surface area contributed by atoms with E-state index in [0.717, 1.165) is 35.0 Å². The topological polar surface area (TPSA) is 120 Å². The zero-order valence-corrected chi connectivity index (χ0v) is 17.7. The number of hydrogen-bond donors (Lipinski definition) is 1. The van der Waals surface area contributed by atoms with Gasteiger partial charge in [-0.15, -0.1) is 0 Å². The summed E-state index contributed by atoms with van der Waals surface area (Å²) in [4.78, 5) is 8.67. The number of rotatable bonds is 5. The standard InChI is InChI=1S/C18H14N4OS.CH4O4S/c1-23-22-11-12-24-18(22)21-20-17-14-9-5-6-10-15(14)19-16(17)13-7-3-2-4-8-13;1-5-6(2,3)4/h2-12H,1H3;1H3,(H,2,3,4). The van der Waals surface area contributed by atoms with Crippen molar-refractivity contribution in [3.8, 4) is 11.3 Å². The van der Waals surface area contributed by atoms with Crippen molar-refractivity contribution in [2.45, 2.75) is 0 Å². The van der Waals surface area contributed by atoms with Crippen molar-refractivity contribution in [2.75, 3.05) is 14.2 Å². The van der Waals surface area contributed by atoms with Crippen LogP contribution in [0.4, 0.5) is 10.8 Å². The van der Waals surface area contributed by atoms with E-state index in [1.54, 1.807) is 11.8 Å². The smallest absolute Gasteiger partial charge is 0.446 e. The van der Waals surface area contributed by atoms with Gasteiger partial charge in [0, 0.05) is 21.8 Å². The molecule has 11 heteroatoms. The van der Waals surface area contributed by atoms with Crippen molar-refractivity contribution in [1.29, 1.82) is 0 Å². The first-order chi connectivity index (χ1) is 14.4. The van der Waals surface area contributed by atoms with Crippen LogP contribution in [0.2, 0.25) is 0 Å². The second kappa shape index (κ2) is 9.59. The molecule has 0 radical (unpaired) electrons. The average molecular weight is 447 g/mol. The van der Waals surface area contributed by atoms with Gasteiger partial charge >= 0.3 is 5.13 Å². The molecule has 0 fully saturated rings. The highest BCUT2D eigenvalue weighted by molar-refractivity contribution is 7.80. The second-order valence-electron chi connectivity index (χ2n) is 5.73. The molecule has 4 rings (SSSR count). The second-order valence-corrected chi connectivity index (χ2v) is 7.75. The van der Waals surface area contributed by atoms with Crippen LogP contribution < -0.4 is 9.57 Å². The maximum absolute atomic E-state index is 9.22. The summed E-state index contributed by atoms with van der Waals surface area (Å²) in [6.45, 7) is 0. The number of fused-ring (bicyclic) bond motifs is 1. The van der Waals surface area contributed by atoms with Crippen molar-refractivity contribution in [3.63, 3.8) is 0 Å². The average Bonchev–Trinajstić information content (AvgIpc) is 3.36. The van der Waals surface area contributed by atoms with Gasteiger partial charge in [0.2, 0.25) is 10.4 Å². The number of aromatic nitrogens is 2. The molecule has 0 aliphatic carbocycles. The number of nitrogens with one attached hydrogen (secondary N) is 1. The van der Waals surface area contributed by atoms with Gasteiger partial charge in [0.05, 0.1) is 17.9 Å². The first-order valence-electron chi connectivity index (χ1n) is 8.56. The van der Waals surface area contributed by atoms with Crippen LogP contribution >= 0.6 is 11.3 Å². The predicted molar refractivity (Wildman–Crippen MR) is 112 cm³/mol. The van der Waals surface area contributed by atoms with Crippen molar-refractivity contribution >= 4 is 43.5 Å². The lowest BCUT2D eigenvalue weighted by atomic mass is 10.1. The zero-order chi connectivity index (χ0) is 21.6. The van der Waals surface area contributed by atoms with E-state index in [9.17, 15) is 13.0 Å². The molecular weight excluding hydrogens is 428 g/mol. The molecule has 0 bridgehead atoms. The van der Waals surface area contributed by atoms with E-state index in [4.69, 9.17) is 4.84 Å². The van der Waals surface area contributed by atoms with Crippen LogP contribution in [0.15, 0.2) is 76.4 Å². The molecule has 2 aromatic heterocycles. The van der Waals surface area contributed by atoms with Crippen LogP contribution in [0.1, 0.15) is 0 Å². The van der Waals surface area contributed by atoms with Crippen molar-refractivity contribution in [3.05, 3.63) is 66.2 Å². The molecule has 1 N–H and O–H groups in total. The van der Waals surface area contributed by atoms with Crippen molar-refractivity contribution in [2.24, 2.45) is 10.2 Å². The monoisotopic (exact) mass is 446 g/mol. The summed E-state index contributed by atoms with van der Waals surface area (Å²) in [6, 6.07) is 18.2. The molecule has 0 aliphatic rings. The van der Waals surface area contributed by atoms with Crippen LogP contribution in [0, 0.1) is 0 Å². The first-order valence-corrected chi connectivity index (χ1v) is 10.8. The lowest BCUT2D eigenvalue weighted by molar-refractivity contribution is -0.872. The third-order valence-electron chi connectivity index (χ3n) is 3.94. The minimum atomic E-state index is -4.41. The molecule has 2 aromatic carbocycles. The van der Waals surface area contributed by atoms with Gasteiger partial charge in [0.25, 0.3) is 0 Å². The Hall–Kier alpha value is -3.12. The molecule has 4 aromatic rings. The van der Waals surface area contributed by atoms with Gasteiger partial charge in [-0.25, -0.2) is 8.42 Å². The Kier molecular flexibility index (Phi) is 6.90. The summed E-state index contributed by atoms with van der Waals surface area (Å²) < 4.78 is 32.6. The van der Waals surface area contributed by atoms with Gasteiger partial charge in [-0.05, 0) is 27.2 Å². The highest BCUT2D eigenvalue weighted by Crippen LogP contribution is 2.37. The van der Waals surface area contributed by atoms with E-state index in [2.05, 4.69) is 31.5 Å². The van der Waals surface area contributed by atoms with Crippen LogP contribution in [0.5, 0.6) is 0 Å². The maximum Gasteiger partial charge on any atom is 0.446 e. The molecule has 0 amide bonds. The number of benzene rings is 2. The zero-order valence-electron chi connectivity index (χ0n) is 16.1. The lowest BCUT2D eigenvalue weighted by Crippen LogP contribution is -2.37. The molecule has 0 atom stereocenters. The molecule has 0 saturated carbocycles. The molecule has 0 unspecified atom stereocenters. The van der Waals surface area contributed by atoms with E-state index in [1.165, 1.54) is 11.3 Å². The fraction of sp³-hybridized carbons (Fsp3) is 0.105. The van der Waals surface area contributed by atoms with Gasteiger partial charge in [0.1, 0.15) is 19.0 Å². The third-order valence-corrected chi connectivity index (χ3v) is 5.07. The Balaban J connectivity index is 0.000000377. The summed E-state index contributed by atoms with van der Waals surface area (Å²) in [5, 5.41) is 12.5. The number of hydrogen-bond acceptors (Lipinski definition) is 8. The van der Waals surface area contributed by atoms with Crippen molar-refractivity contribution < 1.29 is 26.7 Å². The lowest BCUT2D eigenvalue weighted by Gasteiger charge is -1.98. The summed E-state index contributed by atoms with van der Waals surface area (Å²) in [6.07, 6.45) is 1.81. The largest absolute Gasteiger partial charge is 0.726 e. The quantitative estimate of drug-likeness (QED) is 0.217. The normalized spacial score (nSPS) is 11.4. The third kappa shape index (κ3) is 5.27. The van der Waals surface area contributed by atoms with Crippen LogP contribution in [-0.2, 0) is 14.6 Å². The Morgan fingerprint density at radius 2 is 1.70 bits per heavy atom. The Labute approximate surface area is 177 Å². The Morgan fingerprint density at radius 1 is 1.03 bits per heavy atom. The number of thiazole rings is 1. The number of para-hydroxylation sites is 1. The minimum absolute atomic E-state index is 0.682. The SMILES string of the molecule is COS(=O)(=O)[O-].CO[n+]1ccsc1N=Nc1c(-c2ccccc2)[nH]c2ccccc12. The van der Waals surface area contributed by atoms with Gasteiger partial charge in [-0.1, -0.05) is 48.5 Å². The molecule has 0 saturated heterocycles. The maximum atomic E-state index is 9.22. The summed E-state index contributed by atoms with van der Waals surface area (Å²) in [5.41, 5.74) is 3.90. The van der Waals surface area contributed by atoms with E-state index in [0.29, 0.717) is 5.13 Å². The molecule has 0 aliphatic heterocycles. The highest BCUT2D eigenvalue weighted by atomic mass is 32.3. The van der Waals surface area contributed by atoms with E-state index in [1.807, 2.05) is 54.0 Å². The molecule has 30 heavy (non-hydrogen) atoms. The molecule has 2 heterocycles. The highest BCUT2D eigenvalue weighted by Gasteiger charge is 2.17. The first kappa shape index (κ1) is 21.6.